The van der Waals surface area contributed by atoms with Crippen LogP contribution in [0.3, 0.4) is 0 Å². The number of hydrogen-bond acceptors (Lipinski definition) is 0. The molecule has 0 saturated carbocycles. The lowest BCUT2D eigenvalue weighted by Crippen LogP contribution is -1.95. The van der Waals surface area contributed by atoms with Gasteiger partial charge < -0.3 is 9.13 Å². The van der Waals surface area contributed by atoms with Gasteiger partial charge in [-0.2, -0.15) is 0 Å². The van der Waals surface area contributed by atoms with Gasteiger partial charge in [0.05, 0.1) is 27.8 Å². The zero-order chi connectivity index (χ0) is 44.5. The van der Waals surface area contributed by atoms with Crippen LogP contribution in [-0.4, -0.2) is 9.13 Å². The molecule has 0 radical (unpaired) electrons. The normalized spacial score (nSPS) is 12.1. The van der Waals surface area contributed by atoms with E-state index in [1.807, 2.05) is 0 Å². The van der Waals surface area contributed by atoms with Crippen LogP contribution in [0.4, 0.5) is 0 Å². The summed E-state index contributed by atoms with van der Waals surface area (Å²) in [5.74, 6) is 0. The van der Waals surface area contributed by atoms with Gasteiger partial charge in [-0.3, -0.25) is 0 Å². The molecule has 0 spiro atoms. The minimum Gasteiger partial charge on any atom is -0.309 e. The van der Waals surface area contributed by atoms with E-state index in [4.69, 9.17) is 0 Å². The summed E-state index contributed by atoms with van der Waals surface area (Å²) in [7, 11) is 0. The number of aromatic nitrogens is 2. The Morgan fingerprint density at radius 3 is 1.41 bits per heavy atom. The van der Waals surface area contributed by atoms with Crippen molar-refractivity contribution < 1.29 is 0 Å². The fraction of sp³-hybridized carbons (Fsp3) is 0. The zero-order valence-electron chi connectivity index (χ0n) is 37.0. The van der Waals surface area contributed by atoms with Gasteiger partial charge in [0.2, 0.25) is 0 Å². The summed E-state index contributed by atoms with van der Waals surface area (Å²) in [4.78, 5) is 0. The number of nitrogens with zero attached hydrogens (tertiary/aromatic N) is 2. The lowest BCUT2D eigenvalue weighted by Gasteiger charge is -2.18. The molecule has 0 fully saturated rings. The van der Waals surface area contributed by atoms with Gasteiger partial charge in [-0.25, -0.2) is 0 Å². The third-order valence-corrected chi connectivity index (χ3v) is 14.8. The lowest BCUT2D eigenvalue weighted by molar-refractivity contribution is 1.18. The molecular weight excluding hydrogens is 821 g/mol. The van der Waals surface area contributed by atoms with Crippen molar-refractivity contribution in [3.05, 3.63) is 243 Å². The van der Waals surface area contributed by atoms with Crippen molar-refractivity contribution in [2.24, 2.45) is 0 Å². The second-order valence-electron chi connectivity index (χ2n) is 18.4. The molecular formula is C66H40N2. The monoisotopic (exact) mass is 860 g/mol. The first-order valence-corrected chi connectivity index (χ1v) is 23.6. The smallest absolute Gasteiger partial charge is 0.0541 e. The Morgan fingerprint density at radius 2 is 0.706 bits per heavy atom. The molecule has 68 heavy (non-hydrogen) atoms. The fourth-order valence-electron chi connectivity index (χ4n) is 11.9. The number of para-hydroxylation sites is 2. The lowest BCUT2D eigenvalue weighted by atomic mass is 9.85. The predicted octanol–water partition coefficient (Wildman–Crippen LogP) is 18.1. The molecule has 2 heterocycles. The van der Waals surface area contributed by atoms with Crippen LogP contribution >= 0.6 is 0 Å². The molecule has 314 valence electrons. The van der Waals surface area contributed by atoms with Gasteiger partial charge >= 0.3 is 0 Å². The van der Waals surface area contributed by atoms with Crippen LogP contribution in [-0.2, 0) is 0 Å². The van der Waals surface area contributed by atoms with E-state index in [9.17, 15) is 0 Å². The van der Waals surface area contributed by atoms with E-state index >= 15 is 0 Å². The maximum Gasteiger partial charge on any atom is 0.0541 e. The maximum absolute atomic E-state index is 2.47. The first-order valence-electron chi connectivity index (χ1n) is 23.6. The molecule has 0 aliphatic rings. The van der Waals surface area contributed by atoms with Crippen molar-refractivity contribution in [2.45, 2.75) is 0 Å². The average Bonchev–Trinajstić information content (AvgIpc) is 3.92. The second-order valence-corrected chi connectivity index (χ2v) is 18.4. The molecule has 0 atom stereocenters. The Balaban J connectivity index is 0.921. The van der Waals surface area contributed by atoms with Gasteiger partial charge in [0, 0.05) is 32.6 Å². The highest BCUT2D eigenvalue weighted by atomic mass is 15.0. The summed E-state index contributed by atoms with van der Waals surface area (Å²) >= 11 is 0. The third-order valence-electron chi connectivity index (χ3n) is 14.8. The van der Waals surface area contributed by atoms with Crippen molar-refractivity contribution in [3.8, 4) is 33.6 Å². The van der Waals surface area contributed by atoms with Crippen LogP contribution in [0.5, 0.6) is 0 Å². The summed E-state index contributed by atoms with van der Waals surface area (Å²) in [5, 5.41) is 20.3. The Labute approximate surface area is 391 Å². The van der Waals surface area contributed by atoms with E-state index in [0.29, 0.717) is 0 Å². The van der Waals surface area contributed by atoms with Gasteiger partial charge in [-0.1, -0.05) is 182 Å². The molecule has 0 amide bonds. The highest BCUT2D eigenvalue weighted by Crippen LogP contribution is 2.46. The van der Waals surface area contributed by atoms with E-state index in [-0.39, 0.29) is 0 Å². The average molecular weight is 861 g/mol. The van der Waals surface area contributed by atoms with Crippen LogP contribution in [0.1, 0.15) is 0 Å². The highest BCUT2D eigenvalue weighted by molar-refractivity contribution is 6.36. The van der Waals surface area contributed by atoms with E-state index in [1.54, 1.807) is 0 Å². The molecule has 15 rings (SSSR count). The maximum atomic E-state index is 2.47. The Bertz CT molecular complexity index is 4610. The van der Waals surface area contributed by atoms with Crippen LogP contribution < -0.4 is 0 Å². The standard InChI is InChI=1S/C66H40N2/c1-3-20-47-41(15-1)17-14-30-60(47)68-62-29-12-10-26-53(62)58-39-44(33-36-64(58)68)43-32-35-63-57(38-43)52-25-9-11-28-61(52)67(63)46-19-13-18-45(37-46)56-40-59-51-24-6-5-22-49(51)50-23-7-8-27-54(50)66(59)65-48-21-4-2-16-42(48)31-34-55(56)65/h1-40H. The molecule has 2 aromatic heterocycles. The van der Waals surface area contributed by atoms with Crippen LogP contribution in [0, 0.1) is 0 Å². The van der Waals surface area contributed by atoms with Crippen LogP contribution in [0.2, 0.25) is 0 Å². The molecule has 2 nitrogen and oxygen atoms in total. The molecule has 0 unspecified atom stereocenters. The Hall–Kier alpha value is -8.98. The van der Waals surface area contributed by atoms with E-state index in [0.717, 1.165) is 5.69 Å². The summed E-state index contributed by atoms with van der Waals surface area (Å²) < 4.78 is 4.90. The molecule has 15 aromatic rings. The Kier molecular flexibility index (Phi) is 7.81. The second kappa shape index (κ2) is 14.3. The minimum absolute atomic E-state index is 1.14. The van der Waals surface area contributed by atoms with Crippen LogP contribution in [0.15, 0.2) is 243 Å². The predicted molar refractivity (Wildman–Crippen MR) is 291 cm³/mol. The van der Waals surface area contributed by atoms with Crippen molar-refractivity contribution in [1.29, 1.82) is 0 Å². The molecule has 0 aliphatic heterocycles. The highest BCUT2D eigenvalue weighted by Gasteiger charge is 2.20. The zero-order valence-corrected chi connectivity index (χ0v) is 37.0. The minimum atomic E-state index is 1.14. The fourth-order valence-corrected chi connectivity index (χ4v) is 11.9. The van der Waals surface area contributed by atoms with Gasteiger partial charge in [-0.05, 0) is 142 Å². The van der Waals surface area contributed by atoms with Crippen LogP contribution in [0.25, 0.3) is 142 Å². The largest absolute Gasteiger partial charge is 0.309 e. The van der Waals surface area contributed by atoms with Crippen molar-refractivity contribution in [1.82, 2.24) is 9.13 Å². The van der Waals surface area contributed by atoms with Gasteiger partial charge in [-0.15, -0.1) is 0 Å². The summed E-state index contributed by atoms with van der Waals surface area (Å²) in [6, 6.07) is 90.1. The first kappa shape index (κ1) is 37.3. The molecule has 0 N–H and O–H groups in total. The van der Waals surface area contributed by atoms with Gasteiger partial charge in [0.25, 0.3) is 0 Å². The quantitative estimate of drug-likeness (QED) is 0.156. The third kappa shape index (κ3) is 5.28. The molecule has 0 saturated heterocycles. The summed E-state index contributed by atoms with van der Waals surface area (Å²) in [6.45, 7) is 0. The van der Waals surface area contributed by atoms with Crippen molar-refractivity contribution in [3.63, 3.8) is 0 Å². The first-order chi connectivity index (χ1) is 33.7. The van der Waals surface area contributed by atoms with E-state index in [2.05, 4.69) is 252 Å². The molecule has 13 aromatic carbocycles. The van der Waals surface area contributed by atoms with Gasteiger partial charge in [0.1, 0.15) is 0 Å². The number of fused-ring (bicyclic) bond motifs is 17. The van der Waals surface area contributed by atoms with E-state index < -0.39 is 0 Å². The number of benzene rings is 13. The van der Waals surface area contributed by atoms with Crippen molar-refractivity contribution >= 4 is 108 Å². The SMILES string of the molecule is c1cc(-c2cc3c4ccccc4c4ccccc4c3c3c2ccc2ccccc23)cc(-n2c3ccccc3c3cc(-c4ccc5c(c4)c4ccccc4n5-c4cccc5ccccc45)ccc32)c1. The number of rotatable bonds is 4. The summed E-state index contributed by atoms with van der Waals surface area (Å²) in [6.07, 6.45) is 0. The van der Waals surface area contributed by atoms with E-state index in [1.165, 1.54) is 136 Å². The molecule has 2 heteroatoms. The molecule has 0 bridgehead atoms. The number of hydrogen-bond donors (Lipinski definition) is 0. The molecule has 0 aliphatic carbocycles. The van der Waals surface area contributed by atoms with Gasteiger partial charge in [0.15, 0.2) is 0 Å². The van der Waals surface area contributed by atoms with Crippen molar-refractivity contribution in [2.75, 3.05) is 0 Å². The summed E-state index contributed by atoms with van der Waals surface area (Å²) in [5.41, 5.74) is 12.0. The Morgan fingerprint density at radius 1 is 0.221 bits per heavy atom. The topological polar surface area (TPSA) is 9.86 Å².